The molecule has 0 atom stereocenters. The van der Waals surface area contributed by atoms with Crippen molar-refractivity contribution in [1.29, 1.82) is 0 Å². The molecule has 4 nitrogen and oxygen atoms in total. The van der Waals surface area contributed by atoms with Gasteiger partial charge >= 0.3 is 0 Å². The fourth-order valence-electron chi connectivity index (χ4n) is 1.19. The van der Waals surface area contributed by atoms with Crippen molar-refractivity contribution in [1.82, 2.24) is 0 Å². The first kappa shape index (κ1) is 13.8. The van der Waals surface area contributed by atoms with Gasteiger partial charge in [-0.05, 0) is 18.2 Å². The molecule has 92 valence electrons. The highest BCUT2D eigenvalue weighted by atomic mass is 35.5. The number of halogens is 2. The SMILES string of the molecule is CC(=O)Nc1ccc(NC(=O)CCCl)cc1Cl. The smallest absolute Gasteiger partial charge is 0.225 e. The van der Waals surface area contributed by atoms with Gasteiger partial charge < -0.3 is 10.6 Å². The lowest BCUT2D eigenvalue weighted by molar-refractivity contribution is -0.116. The Hall–Kier alpha value is -1.26. The zero-order valence-corrected chi connectivity index (χ0v) is 10.7. The summed E-state index contributed by atoms with van der Waals surface area (Å²) in [6, 6.07) is 4.85. The van der Waals surface area contributed by atoms with Crippen molar-refractivity contribution in [2.75, 3.05) is 16.5 Å². The van der Waals surface area contributed by atoms with Gasteiger partial charge in [0, 0.05) is 24.9 Å². The van der Waals surface area contributed by atoms with Crippen molar-refractivity contribution < 1.29 is 9.59 Å². The summed E-state index contributed by atoms with van der Waals surface area (Å²) in [7, 11) is 0. The van der Waals surface area contributed by atoms with Gasteiger partial charge in [0.2, 0.25) is 11.8 Å². The molecule has 1 aromatic rings. The van der Waals surface area contributed by atoms with Crippen LogP contribution in [0.25, 0.3) is 0 Å². The summed E-state index contributed by atoms with van der Waals surface area (Å²) in [5, 5.41) is 5.58. The second kappa shape index (κ2) is 6.47. The zero-order valence-electron chi connectivity index (χ0n) is 9.22. The summed E-state index contributed by atoms with van der Waals surface area (Å²) in [6.07, 6.45) is 0.243. The minimum atomic E-state index is -0.203. The maximum atomic E-state index is 11.3. The molecule has 6 heteroatoms. The van der Waals surface area contributed by atoms with Crippen molar-refractivity contribution in [2.24, 2.45) is 0 Å². The molecule has 0 aromatic heterocycles. The van der Waals surface area contributed by atoms with E-state index in [1.807, 2.05) is 0 Å². The number of rotatable bonds is 4. The quantitative estimate of drug-likeness (QED) is 0.830. The second-order valence-corrected chi connectivity index (χ2v) is 4.15. The molecule has 0 spiro atoms. The first-order valence-corrected chi connectivity index (χ1v) is 5.87. The third-order valence-corrected chi connectivity index (χ3v) is 2.39. The Kier molecular flexibility index (Phi) is 5.25. The standard InChI is InChI=1S/C11H12Cl2N2O2/c1-7(16)14-10-3-2-8(6-9(10)13)15-11(17)4-5-12/h2-3,6H,4-5H2,1H3,(H,14,16)(H,15,17). The van der Waals surface area contributed by atoms with Crippen LogP contribution in [-0.2, 0) is 9.59 Å². The lowest BCUT2D eigenvalue weighted by Gasteiger charge is -2.08. The average molecular weight is 275 g/mol. The maximum absolute atomic E-state index is 11.3. The van der Waals surface area contributed by atoms with Crippen LogP contribution in [0, 0.1) is 0 Å². The van der Waals surface area contributed by atoms with E-state index in [1.165, 1.54) is 6.92 Å². The molecule has 0 saturated carbocycles. The molecule has 0 heterocycles. The monoisotopic (exact) mass is 274 g/mol. The van der Waals surface area contributed by atoms with Crippen LogP contribution in [0.15, 0.2) is 18.2 Å². The molecule has 0 aliphatic rings. The summed E-state index contributed by atoms with van der Waals surface area (Å²) in [5.74, 6) is -0.113. The molecule has 0 bridgehead atoms. The highest BCUT2D eigenvalue weighted by Gasteiger charge is 2.05. The predicted octanol–water partition coefficient (Wildman–Crippen LogP) is 2.87. The fourth-order valence-corrected chi connectivity index (χ4v) is 1.59. The van der Waals surface area contributed by atoms with Crippen LogP contribution in [-0.4, -0.2) is 17.7 Å². The number of carbonyl (C=O) groups is 2. The van der Waals surface area contributed by atoms with E-state index in [0.29, 0.717) is 16.4 Å². The molecule has 1 aromatic carbocycles. The molecule has 0 radical (unpaired) electrons. The van der Waals surface area contributed by atoms with E-state index < -0.39 is 0 Å². The number of alkyl halides is 1. The number of hydrogen-bond donors (Lipinski definition) is 2. The van der Waals surface area contributed by atoms with E-state index in [4.69, 9.17) is 23.2 Å². The summed E-state index contributed by atoms with van der Waals surface area (Å²) in [4.78, 5) is 22.1. The van der Waals surface area contributed by atoms with E-state index in [2.05, 4.69) is 10.6 Å². The lowest BCUT2D eigenvalue weighted by atomic mass is 10.2. The van der Waals surface area contributed by atoms with Crippen LogP contribution < -0.4 is 10.6 Å². The number of hydrogen-bond acceptors (Lipinski definition) is 2. The molecule has 17 heavy (non-hydrogen) atoms. The number of anilines is 2. The maximum Gasteiger partial charge on any atom is 0.225 e. The van der Waals surface area contributed by atoms with E-state index in [0.717, 1.165) is 0 Å². The van der Waals surface area contributed by atoms with Crippen molar-refractivity contribution in [2.45, 2.75) is 13.3 Å². The van der Waals surface area contributed by atoms with Gasteiger partial charge in [-0.15, -0.1) is 11.6 Å². The van der Waals surface area contributed by atoms with E-state index in [1.54, 1.807) is 18.2 Å². The van der Waals surface area contributed by atoms with E-state index in [-0.39, 0.29) is 24.1 Å². The third kappa shape index (κ3) is 4.63. The molecule has 0 unspecified atom stereocenters. The summed E-state index contributed by atoms with van der Waals surface area (Å²) in [5.41, 5.74) is 1.08. The van der Waals surface area contributed by atoms with Crippen LogP contribution in [0.5, 0.6) is 0 Å². The van der Waals surface area contributed by atoms with Gasteiger partial charge in [0.05, 0.1) is 10.7 Å². The number of carbonyl (C=O) groups excluding carboxylic acids is 2. The third-order valence-electron chi connectivity index (χ3n) is 1.89. The lowest BCUT2D eigenvalue weighted by Crippen LogP contribution is -2.12. The summed E-state index contributed by atoms with van der Waals surface area (Å²) < 4.78 is 0. The minimum absolute atomic E-state index is 0.177. The Morgan fingerprint density at radius 3 is 2.53 bits per heavy atom. The topological polar surface area (TPSA) is 58.2 Å². The normalized spacial score (nSPS) is 9.82. The van der Waals surface area contributed by atoms with Crippen molar-refractivity contribution >= 4 is 46.4 Å². The molecular formula is C11H12Cl2N2O2. The molecule has 0 aliphatic carbocycles. The Morgan fingerprint density at radius 2 is 2.00 bits per heavy atom. The van der Waals surface area contributed by atoms with Crippen molar-refractivity contribution in [3.05, 3.63) is 23.2 Å². The van der Waals surface area contributed by atoms with Gasteiger partial charge in [0.15, 0.2) is 0 Å². The average Bonchev–Trinajstić information content (AvgIpc) is 2.22. The number of nitrogens with one attached hydrogen (secondary N) is 2. The Bertz CT molecular complexity index is 435. The van der Waals surface area contributed by atoms with Crippen LogP contribution in [0.4, 0.5) is 11.4 Å². The summed E-state index contributed by atoms with van der Waals surface area (Å²) >= 11 is 11.4. The van der Waals surface area contributed by atoms with Crippen LogP contribution in [0.1, 0.15) is 13.3 Å². The highest BCUT2D eigenvalue weighted by molar-refractivity contribution is 6.34. The zero-order chi connectivity index (χ0) is 12.8. The molecule has 0 fully saturated rings. The van der Waals surface area contributed by atoms with Gasteiger partial charge in [-0.2, -0.15) is 0 Å². The molecule has 0 aliphatic heterocycles. The van der Waals surface area contributed by atoms with E-state index >= 15 is 0 Å². The summed E-state index contributed by atoms with van der Waals surface area (Å²) in [6.45, 7) is 1.40. The molecule has 1 rings (SSSR count). The first-order chi connectivity index (χ1) is 8.02. The fraction of sp³-hybridized carbons (Fsp3) is 0.273. The van der Waals surface area contributed by atoms with Gasteiger partial charge in [0.25, 0.3) is 0 Å². The van der Waals surface area contributed by atoms with Gasteiger partial charge in [-0.1, -0.05) is 11.6 Å². The van der Waals surface area contributed by atoms with Gasteiger partial charge in [-0.25, -0.2) is 0 Å². The first-order valence-electron chi connectivity index (χ1n) is 4.96. The molecule has 0 saturated heterocycles. The van der Waals surface area contributed by atoms with Crippen LogP contribution in [0.3, 0.4) is 0 Å². The molecular weight excluding hydrogens is 263 g/mol. The number of benzene rings is 1. The van der Waals surface area contributed by atoms with Crippen LogP contribution in [0.2, 0.25) is 5.02 Å². The highest BCUT2D eigenvalue weighted by Crippen LogP contribution is 2.25. The van der Waals surface area contributed by atoms with E-state index in [9.17, 15) is 9.59 Å². The largest absolute Gasteiger partial charge is 0.326 e. The number of amides is 2. The Balaban J connectivity index is 2.74. The van der Waals surface area contributed by atoms with Crippen molar-refractivity contribution in [3.63, 3.8) is 0 Å². The molecule has 2 N–H and O–H groups in total. The van der Waals surface area contributed by atoms with Crippen molar-refractivity contribution in [3.8, 4) is 0 Å². The predicted molar refractivity (Wildman–Crippen MR) is 69.7 cm³/mol. The van der Waals surface area contributed by atoms with Gasteiger partial charge in [-0.3, -0.25) is 9.59 Å². The Morgan fingerprint density at radius 1 is 1.29 bits per heavy atom. The molecule has 2 amide bonds. The Labute approximate surface area is 109 Å². The van der Waals surface area contributed by atoms with Gasteiger partial charge in [0.1, 0.15) is 0 Å². The minimum Gasteiger partial charge on any atom is -0.326 e. The second-order valence-electron chi connectivity index (χ2n) is 3.36. The van der Waals surface area contributed by atoms with Crippen LogP contribution >= 0.6 is 23.2 Å².